The smallest absolute Gasteiger partial charge is 0.320 e. The second kappa shape index (κ2) is 21.7. The van der Waals surface area contributed by atoms with E-state index < -0.39 is 78.4 Å². The Morgan fingerprint density at radius 1 is 0.554 bits per heavy atom. The van der Waals surface area contributed by atoms with E-state index in [2.05, 4.69) is 16.0 Å². The fourth-order valence-corrected chi connectivity index (χ4v) is 6.52. The van der Waals surface area contributed by atoms with E-state index in [0.717, 1.165) is 16.7 Å². The summed E-state index contributed by atoms with van der Waals surface area (Å²) in [4.78, 5) is 26.5. The van der Waals surface area contributed by atoms with Gasteiger partial charge in [-0.05, 0) is 58.2 Å². The molecule has 4 rings (SSSR count). The molecule has 0 aromatic heterocycles. The van der Waals surface area contributed by atoms with Crippen LogP contribution in [0.15, 0.2) is 91.0 Å². The first-order chi connectivity index (χ1) is 26.6. The second-order valence-electron chi connectivity index (χ2n) is 16.0. The van der Waals surface area contributed by atoms with Gasteiger partial charge < -0.3 is 44.3 Å². The highest BCUT2D eigenvalue weighted by Crippen LogP contribution is 2.31. The summed E-state index contributed by atoms with van der Waals surface area (Å²) in [6.45, 7) is 10.1. The fourth-order valence-electron chi connectivity index (χ4n) is 6.52. The number of rotatable bonds is 20. The predicted molar refractivity (Wildman–Crippen MR) is 211 cm³/mol. The van der Waals surface area contributed by atoms with Gasteiger partial charge in [0.05, 0.1) is 82.1 Å². The third-order valence-electron chi connectivity index (χ3n) is 8.98. The number of aliphatic hydroxyl groups is 3. The van der Waals surface area contributed by atoms with E-state index in [4.69, 9.17) is 23.7 Å². The van der Waals surface area contributed by atoms with Gasteiger partial charge in [0.25, 0.3) is 0 Å². The lowest BCUT2D eigenvalue weighted by atomic mass is 9.78. The van der Waals surface area contributed by atoms with Gasteiger partial charge in [0.1, 0.15) is 17.3 Å². The van der Waals surface area contributed by atoms with Gasteiger partial charge in [-0.1, -0.05) is 91.0 Å². The van der Waals surface area contributed by atoms with Crippen LogP contribution in [-0.4, -0.2) is 113 Å². The largest absolute Gasteiger partial charge is 0.459 e. The monoisotopic (exact) mass is 779 g/mol. The lowest BCUT2D eigenvalue weighted by molar-refractivity contribution is -0.171. The Morgan fingerprint density at radius 3 is 1.18 bits per heavy atom. The van der Waals surface area contributed by atoms with Crippen molar-refractivity contribution in [2.24, 2.45) is 0 Å². The SMILES string of the molecule is CC(C)(C)OC(=O)CNC1C(OCc2ccccc2)C(NCC(=O)OC(C)(C)C)C(OCc2ccccc2)C(NCC(O)C(O)CO)C1OCc1ccccc1. The first kappa shape index (κ1) is 44.9. The summed E-state index contributed by atoms with van der Waals surface area (Å²) < 4.78 is 31.8. The van der Waals surface area contributed by atoms with Crippen LogP contribution in [0.3, 0.4) is 0 Å². The molecule has 0 aliphatic heterocycles. The van der Waals surface area contributed by atoms with Crippen LogP contribution in [0, 0.1) is 0 Å². The minimum atomic E-state index is -1.41. The molecule has 0 radical (unpaired) electrons. The molecule has 1 aliphatic carbocycles. The third-order valence-corrected chi connectivity index (χ3v) is 8.98. The van der Waals surface area contributed by atoms with Crippen molar-refractivity contribution in [1.82, 2.24) is 16.0 Å². The maximum Gasteiger partial charge on any atom is 0.320 e. The van der Waals surface area contributed by atoms with Crippen molar-refractivity contribution in [1.29, 1.82) is 0 Å². The number of ether oxygens (including phenoxy) is 5. The summed E-state index contributed by atoms with van der Waals surface area (Å²) in [6, 6.07) is 26.6. The Bertz CT molecular complexity index is 1500. The van der Waals surface area contributed by atoms with Gasteiger partial charge in [-0.2, -0.15) is 0 Å². The number of esters is 2. The predicted octanol–water partition coefficient (Wildman–Crippen LogP) is 3.03. The first-order valence-electron chi connectivity index (χ1n) is 19.2. The topological polar surface area (TPSA) is 177 Å². The highest BCUT2D eigenvalue weighted by molar-refractivity contribution is 5.72. The van der Waals surface area contributed by atoms with Gasteiger partial charge in [0.2, 0.25) is 0 Å². The standard InChI is InChI=1S/C43H61N3O10/c1-42(2,3)55-34(50)23-45-37-39(52-26-29-16-10-7-11-17-29)36(44-22-32(48)33(49)25-47)40(53-27-30-18-12-8-13-19-30)38(46-24-35(51)56-43(4,5)6)41(37)54-28-31-20-14-9-15-21-31/h7-21,32-33,36-41,44-49H,22-28H2,1-6H3. The molecule has 1 saturated carbocycles. The molecular formula is C43H61N3O10. The number of aliphatic hydroxyl groups excluding tert-OH is 3. The molecule has 6 unspecified atom stereocenters. The van der Waals surface area contributed by atoms with Crippen LogP contribution < -0.4 is 16.0 Å². The van der Waals surface area contributed by atoms with Crippen molar-refractivity contribution in [3.05, 3.63) is 108 Å². The van der Waals surface area contributed by atoms with E-state index in [0.29, 0.717) is 0 Å². The summed E-state index contributed by atoms with van der Waals surface area (Å²) in [5, 5.41) is 41.0. The van der Waals surface area contributed by atoms with Crippen molar-refractivity contribution in [2.45, 2.75) is 121 Å². The van der Waals surface area contributed by atoms with Crippen LogP contribution >= 0.6 is 0 Å². The van der Waals surface area contributed by atoms with Crippen LogP contribution in [0.2, 0.25) is 0 Å². The number of nitrogens with one attached hydrogen (secondary N) is 3. The minimum Gasteiger partial charge on any atom is -0.459 e. The Balaban J connectivity index is 1.84. The van der Waals surface area contributed by atoms with Crippen LogP contribution in [0.1, 0.15) is 58.2 Å². The van der Waals surface area contributed by atoms with E-state index in [1.165, 1.54) is 0 Å². The lowest BCUT2D eigenvalue weighted by Gasteiger charge is -2.51. The van der Waals surface area contributed by atoms with Crippen LogP contribution in [0.4, 0.5) is 0 Å². The van der Waals surface area contributed by atoms with Crippen LogP contribution in [0.25, 0.3) is 0 Å². The van der Waals surface area contributed by atoms with Crippen molar-refractivity contribution in [3.8, 4) is 0 Å². The molecular weight excluding hydrogens is 718 g/mol. The van der Waals surface area contributed by atoms with Gasteiger partial charge in [0.15, 0.2) is 0 Å². The first-order valence-corrected chi connectivity index (χ1v) is 19.2. The molecule has 308 valence electrons. The number of hydrogen-bond donors (Lipinski definition) is 6. The molecule has 1 aliphatic rings. The molecule has 6 N–H and O–H groups in total. The van der Waals surface area contributed by atoms with E-state index in [-0.39, 0.29) is 39.5 Å². The summed E-state index contributed by atoms with van der Waals surface area (Å²) in [5.74, 6) is -0.985. The van der Waals surface area contributed by atoms with E-state index in [1.54, 1.807) is 41.5 Å². The molecule has 13 heteroatoms. The zero-order valence-electron chi connectivity index (χ0n) is 33.4. The van der Waals surface area contributed by atoms with Gasteiger partial charge in [-0.25, -0.2) is 0 Å². The van der Waals surface area contributed by atoms with E-state index >= 15 is 0 Å². The molecule has 1 fully saturated rings. The molecule has 0 saturated heterocycles. The van der Waals surface area contributed by atoms with E-state index in [1.807, 2.05) is 91.0 Å². The van der Waals surface area contributed by atoms with Crippen molar-refractivity contribution >= 4 is 11.9 Å². The molecule has 13 nitrogen and oxygen atoms in total. The van der Waals surface area contributed by atoms with Crippen molar-refractivity contribution in [3.63, 3.8) is 0 Å². The highest BCUT2D eigenvalue weighted by Gasteiger charge is 2.53. The molecule has 3 aromatic rings. The molecule has 56 heavy (non-hydrogen) atoms. The molecule has 6 atom stereocenters. The maximum atomic E-state index is 13.3. The van der Waals surface area contributed by atoms with Gasteiger partial charge in [-0.3, -0.25) is 20.2 Å². The van der Waals surface area contributed by atoms with Gasteiger partial charge in [0, 0.05) is 6.54 Å². The molecule has 0 amide bonds. The normalized spacial score (nSPS) is 22.6. The quantitative estimate of drug-likeness (QED) is 0.0925. The minimum absolute atomic E-state index is 0.157. The Hall–Kier alpha value is -3.76. The number of carbonyl (C=O) groups is 2. The number of benzene rings is 3. The molecule has 0 bridgehead atoms. The summed E-state index contributed by atoms with van der Waals surface area (Å²) >= 11 is 0. The number of hydrogen-bond acceptors (Lipinski definition) is 13. The van der Waals surface area contributed by atoms with E-state index in [9.17, 15) is 24.9 Å². The molecule has 0 heterocycles. The van der Waals surface area contributed by atoms with Gasteiger partial charge >= 0.3 is 11.9 Å². The van der Waals surface area contributed by atoms with Crippen molar-refractivity contribution < 1.29 is 48.6 Å². The average Bonchev–Trinajstić information content (AvgIpc) is 3.15. The summed E-state index contributed by atoms with van der Waals surface area (Å²) in [6.07, 6.45) is -5.18. The summed E-state index contributed by atoms with van der Waals surface area (Å²) in [7, 11) is 0. The number of carbonyl (C=O) groups excluding carboxylic acids is 2. The average molecular weight is 780 g/mol. The molecule has 0 spiro atoms. The lowest BCUT2D eigenvalue weighted by Crippen LogP contribution is -2.75. The van der Waals surface area contributed by atoms with Crippen LogP contribution in [0.5, 0.6) is 0 Å². The zero-order valence-corrected chi connectivity index (χ0v) is 33.4. The van der Waals surface area contributed by atoms with Gasteiger partial charge in [-0.15, -0.1) is 0 Å². The summed E-state index contributed by atoms with van der Waals surface area (Å²) in [5.41, 5.74) is 1.20. The maximum absolute atomic E-state index is 13.3. The fraction of sp³-hybridized carbons (Fsp3) is 0.535. The second-order valence-corrected chi connectivity index (χ2v) is 16.0. The Labute approximate surface area is 331 Å². The third kappa shape index (κ3) is 15.0. The zero-order chi connectivity index (χ0) is 40.7. The Kier molecular flexibility index (Phi) is 17.4. The molecule has 3 aromatic carbocycles. The Morgan fingerprint density at radius 2 is 0.875 bits per heavy atom. The van der Waals surface area contributed by atoms with Crippen LogP contribution in [-0.2, 0) is 53.1 Å². The highest BCUT2D eigenvalue weighted by atomic mass is 16.6. The van der Waals surface area contributed by atoms with Crippen molar-refractivity contribution in [2.75, 3.05) is 26.2 Å².